The highest BCUT2D eigenvalue weighted by Gasteiger charge is 2.18. The van der Waals surface area contributed by atoms with Crippen LogP contribution >= 0.6 is 0 Å². The minimum atomic E-state index is -3.24. The van der Waals surface area contributed by atoms with Crippen LogP contribution in [0.5, 0.6) is 0 Å². The van der Waals surface area contributed by atoms with Gasteiger partial charge in [-0.1, -0.05) is 18.2 Å². The lowest BCUT2D eigenvalue weighted by Gasteiger charge is -2.26. The molecule has 0 radical (unpaired) electrons. The van der Waals surface area contributed by atoms with Crippen molar-refractivity contribution < 1.29 is 20.5 Å². The monoisotopic (exact) mass is 252 g/mol. The highest BCUT2D eigenvalue weighted by Crippen LogP contribution is 2.18. The fraction of sp³-hybridized carbons (Fsp3) is 0.357. The van der Waals surface area contributed by atoms with Gasteiger partial charge in [0.1, 0.15) is 0 Å². The van der Waals surface area contributed by atoms with Crippen molar-refractivity contribution in [3.8, 4) is 0 Å². The maximum absolute atomic E-state index is 12.8. The van der Waals surface area contributed by atoms with E-state index < -0.39 is 38.4 Å². The minimum absolute atomic E-state index is 0.0225. The number of fused-ring (bicyclic) bond motifs is 1. The van der Waals surface area contributed by atoms with Gasteiger partial charge < -0.3 is 14.6 Å². The molecule has 4 nitrogen and oxygen atoms in total. The molecule has 1 fully saturated rings. The molecule has 0 bridgehead atoms. The van der Waals surface area contributed by atoms with Crippen LogP contribution in [-0.2, 0) is 16.0 Å². The first-order valence-electron chi connectivity index (χ1n) is 9.40. The van der Waals surface area contributed by atoms with Crippen LogP contribution in [0.3, 0.4) is 0 Å². The second kappa shape index (κ2) is 4.82. The van der Waals surface area contributed by atoms with E-state index in [2.05, 4.69) is 9.72 Å². The van der Waals surface area contributed by atoms with Crippen molar-refractivity contribution in [2.24, 2.45) is 0 Å². The Labute approximate surface area is 117 Å². The summed E-state index contributed by atoms with van der Waals surface area (Å²) in [6.45, 7) is -12.9. The first-order chi connectivity index (χ1) is 11.8. The van der Waals surface area contributed by atoms with Crippen LogP contribution in [0.4, 0.5) is 0 Å². The third-order valence-corrected chi connectivity index (χ3v) is 2.68. The van der Waals surface area contributed by atoms with Crippen molar-refractivity contribution in [2.45, 2.75) is 6.42 Å². The first kappa shape index (κ1) is 5.45. The highest BCUT2D eigenvalue weighted by molar-refractivity contribution is 5.88. The minimum Gasteiger partial charge on any atom is -0.378 e. The van der Waals surface area contributed by atoms with E-state index >= 15 is 0 Å². The molecule has 1 saturated heterocycles. The fourth-order valence-electron chi connectivity index (χ4n) is 1.83. The van der Waals surface area contributed by atoms with E-state index in [9.17, 15) is 4.79 Å². The molecule has 0 saturated carbocycles. The zero-order valence-electron chi connectivity index (χ0n) is 17.4. The number of amides is 1. The van der Waals surface area contributed by atoms with Crippen molar-refractivity contribution in [3.05, 3.63) is 36.0 Å². The Morgan fingerprint density at radius 2 is 2.17 bits per heavy atom. The van der Waals surface area contributed by atoms with Crippen LogP contribution in [0.15, 0.2) is 30.5 Å². The van der Waals surface area contributed by atoms with E-state index in [-0.39, 0.29) is 4.90 Å². The summed E-state index contributed by atoms with van der Waals surface area (Å²) < 4.78 is 66.5. The lowest BCUT2D eigenvalue weighted by atomic mass is 10.1. The van der Waals surface area contributed by atoms with Crippen molar-refractivity contribution in [1.82, 2.24) is 9.88 Å². The number of morpholine rings is 1. The summed E-state index contributed by atoms with van der Waals surface area (Å²) in [7, 11) is 0. The Hall–Kier alpha value is -1.81. The summed E-state index contributed by atoms with van der Waals surface area (Å²) in [6, 6.07) is 7.03. The van der Waals surface area contributed by atoms with Crippen LogP contribution in [0, 0.1) is 0 Å². The standard InChI is InChI=1S/C14H16N2O2/c17-14(16-5-7-18-8-6-16)9-11-10-15-13-4-2-1-3-12(11)13/h1-4,10,15H,5-9H2/i5D2,6D2,7D2,8D2. The van der Waals surface area contributed by atoms with E-state index in [0.29, 0.717) is 10.9 Å². The smallest absolute Gasteiger partial charge is 0.227 e. The molecule has 0 aliphatic carbocycles. The molecule has 1 amide bonds. The lowest BCUT2D eigenvalue weighted by molar-refractivity contribution is -0.134. The van der Waals surface area contributed by atoms with Gasteiger partial charge in [0.2, 0.25) is 5.91 Å². The van der Waals surface area contributed by atoms with Gasteiger partial charge in [0, 0.05) is 30.1 Å². The fourth-order valence-corrected chi connectivity index (χ4v) is 1.83. The van der Waals surface area contributed by atoms with E-state index in [4.69, 9.17) is 11.0 Å². The quantitative estimate of drug-likeness (QED) is 0.882. The molecule has 18 heavy (non-hydrogen) atoms. The Kier molecular flexibility index (Phi) is 1.46. The lowest BCUT2D eigenvalue weighted by Crippen LogP contribution is -2.41. The van der Waals surface area contributed by atoms with E-state index in [0.717, 1.165) is 5.52 Å². The molecule has 1 aliphatic heterocycles. The summed E-state index contributed by atoms with van der Waals surface area (Å²) >= 11 is 0. The zero-order valence-corrected chi connectivity index (χ0v) is 9.36. The molecule has 0 spiro atoms. The molecule has 1 N–H and O–H groups in total. The molecular weight excluding hydrogens is 228 g/mol. The number of H-pyrrole nitrogens is 1. The summed E-state index contributed by atoms with van der Waals surface area (Å²) in [4.78, 5) is 15.7. The first-order valence-corrected chi connectivity index (χ1v) is 5.40. The Balaban J connectivity index is 2.02. The molecule has 1 aromatic heterocycles. The number of nitrogens with zero attached hydrogens (tertiary/aromatic N) is 1. The average Bonchev–Trinajstić information content (AvgIpc) is 2.87. The van der Waals surface area contributed by atoms with Crippen molar-refractivity contribution in [1.29, 1.82) is 0 Å². The molecular formula is C14H16N2O2. The molecule has 3 rings (SSSR count). The predicted molar refractivity (Wildman–Crippen MR) is 69.4 cm³/mol. The second-order valence-electron chi connectivity index (χ2n) is 3.80. The summed E-state index contributed by atoms with van der Waals surface area (Å²) in [5.74, 6) is -1.10. The van der Waals surface area contributed by atoms with Crippen LogP contribution in [-0.4, -0.2) is 41.9 Å². The molecule has 2 heterocycles. The van der Waals surface area contributed by atoms with Crippen molar-refractivity contribution in [2.75, 3.05) is 26.1 Å². The van der Waals surface area contributed by atoms with Crippen molar-refractivity contribution in [3.63, 3.8) is 0 Å². The largest absolute Gasteiger partial charge is 0.378 e. The number of rotatable bonds is 2. The highest BCUT2D eigenvalue weighted by atomic mass is 16.5. The Bertz CT molecular complexity index is 838. The van der Waals surface area contributed by atoms with Crippen molar-refractivity contribution >= 4 is 16.8 Å². The van der Waals surface area contributed by atoms with Crippen LogP contribution < -0.4 is 0 Å². The Morgan fingerprint density at radius 3 is 3.00 bits per heavy atom. The predicted octanol–water partition coefficient (Wildman–Crippen LogP) is 1.57. The number of ether oxygens (including phenoxy) is 1. The van der Waals surface area contributed by atoms with Gasteiger partial charge in [-0.15, -0.1) is 0 Å². The van der Waals surface area contributed by atoms with Crippen LogP contribution in [0.25, 0.3) is 10.9 Å². The SMILES string of the molecule is [2H]C1([2H])OC([2H])([2H])C([2H])([2H])N(C(=O)Cc2c[nH]c3ccccc23)C1([2H])[2H]. The number of nitrogens with one attached hydrogen (secondary N) is 1. The number of hydrogen-bond donors (Lipinski definition) is 1. The molecule has 94 valence electrons. The van der Waals surface area contributed by atoms with Gasteiger partial charge in [-0.05, 0) is 11.6 Å². The maximum atomic E-state index is 12.8. The third-order valence-electron chi connectivity index (χ3n) is 2.68. The number of para-hydroxylation sites is 1. The Morgan fingerprint density at radius 1 is 1.39 bits per heavy atom. The number of benzene rings is 1. The average molecular weight is 252 g/mol. The zero-order chi connectivity index (χ0) is 19.5. The molecule has 0 unspecified atom stereocenters. The molecule has 1 aliphatic rings. The number of hydrogen-bond acceptors (Lipinski definition) is 2. The van der Waals surface area contributed by atoms with Gasteiger partial charge in [0.25, 0.3) is 0 Å². The second-order valence-corrected chi connectivity index (χ2v) is 3.80. The summed E-state index contributed by atoms with van der Waals surface area (Å²) in [6.07, 6.45) is 1.09. The van der Waals surface area contributed by atoms with Gasteiger partial charge in [0.15, 0.2) is 0 Å². The van der Waals surface area contributed by atoms with E-state index in [1.54, 1.807) is 24.3 Å². The topological polar surface area (TPSA) is 45.3 Å². The van der Waals surface area contributed by atoms with E-state index in [1.165, 1.54) is 6.20 Å². The molecule has 4 heteroatoms. The molecule has 1 aromatic carbocycles. The number of aromatic amines is 1. The number of carbonyl (C=O) groups is 1. The van der Waals surface area contributed by atoms with Gasteiger partial charge in [-0.2, -0.15) is 0 Å². The molecule has 0 atom stereocenters. The van der Waals surface area contributed by atoms with Gasteiger partial charge in [-0.3, -0.25) is 4.79 Å². The van der Waals surface area contributed by atoms with Crippen LogP contribution in [0.2, 0.25) is 0 Å². The molecule has 2 aromatic rings. The number of carbonyl (C=O) groups excluding carboxylic acids is 1. The van der Waals surface area contributed by atoms with Gasteiger partial charge >= 0.3 is 0 Å². The van der Waals surface area contributed by atoms with Gasteiger partial charge in [0.05, 0.1) is 30.5 Å². The van der Waals surface area contributed by atoms with Gasteiger partial charge in [-0.25, -0.2) is 0 Å². The van der Waals surface area contributed by atoms with Crippen LogP contribution in [0.1, 0.15) is 16.5 Å². The normalized spacial score (nSPS) is 33.9. The summed E-state index contributed by atoms with van der Waals surface area (Å²) in [5.41, 5.74) is 1.19. The number of aromatic nitrogens is 1. The summed E-state index contributed by atoms with van der Waals surface area (Å²) in [5, 5.41) is 0.682. The maximum Gasteiger partial charge on any atom is 0.227 e. The van der Waals surface area contributed by atoms with E-state index in [1.807, 2.05) is 0 Å². The third kappa shape index (κ3) is 2.11.